The van der Waals surface area contributed by atoms with Crippen LogP contribution in [0, 0.1) is 5.92 Å². The standard InChI is InChI=1S/C7H14N2O2/c1-2-5-3-9(7(10)11)4-6(5)8/h5-6H,2-4,8H2,1H3,(H,10,11)/i1D3,2D2. The first-order valence-corrected chi connectivity index (χ1v) is 3.31. The normalized spacial score (nSPS) is 40.1. The minimum absolute atomic E-state index is 0.0322. The van der Waals surface area contributed by atoms with Crippen LogP contribution < -0.4 is 5.73 Å². The average Bonchev–Trinajstić information content (AvgIpc) is 2.45. The first-order valence-electron chi connectivity index (χ1n) is 5.81. The molecule has 1 aliphatic heterocycles. The predicted octanol–water partition coefficient (Wildman–Crippen LogP) is 0.334. The van der Waals surface area contributed by atoms with Crippen LogP contribution in [0.2, 0.25) is 0 Å². The number of carbonyl (C=O) groups is 1. The number of nitrogens with two attached hydrogens (primary N) is 1. The van der Waals surface area contributed by atoms with Crippen molar-refractivity contribution in [1.29, 1.82) is 0 Å². The molecule has 1 aliphatic rings. The molecule has 4 nitrogen and oxygen atoms in total. The molecule has 1 heterocycles. The van der Waals surface area contributed by atoms with Crippen LogP contribution in [-0.2, 0) is 0 Å². The first kappa shape index (κ1) is 3.76. The molecule has 4 heteroatoms. The third-order valence-corrected chi connectivity index (χ3v) is 1.82. The van der Waals surface area contributed by atoms with Gasteiger partial charge in [0.15, 0.2) is 0 Å². The van der Waals surface area contributed by atoms with Crippen molar-refractivity contribution in [2.24, 2.45) is 11.7 Å². The number of nitrogens with zero attached hydrogens (tertiary/aromatic N) is 1. The zero-order valence-electron chi connectivity index (χ0n) is 10.9. The molecule has 0 spiro atoms. The summed E-state index contributed by atoms with van der Waals surface area (Å²) >= 11 is 0. The summed E-state index contributed by atoms with van der Waals surface area (Å²) in [5.74, 6) is -1.00. The van der Waals surface area contributed by atoms with Crippen molar-refractivity contribution in [3.63, 3.8) is 0 Å². The van der Waals surface area contributed by atoms with Gasteiger partial charge >= 0.3 is 6.09 Å². The Morgan fingerprint density at radius 3 is 3.18 bits per heavy atom. The summed E-state index contributed by atoms with van der Waals surface area (Å²) in [7, 11) is 0. The van der Waals surface area contributed by atoms with Gasteiger partial charge < -0.3 is 15.7 Å². The summed E-state index contributed by atoms with van der Waals surface area (Å²) in [6, 6.07) is -0.786. The van der Waals surface area contributed by atoms with E-state index in [2.05, 4.69) is 0 Å². The molecule has 0 aliphatic carbocycles. The number of likely N-dealkylation sites (tertiary alicyclic amines) is 1. The topological polar surface area (TPSA) is 66.6 Å². The lowest BCUT2D eigenvalue weighted by Gasteiger charge is -2.09. The molecule has 0 aromatic carbocycles. The molecular formula is C7H14N2O2. The van der Waals surface area contributed by atoms with E-state index >= 15 is 0 Å². The molecule has 1 amide bonds. The molecule has 0 bridgehead atoms. The van der Waals surface area contributed by atoms with Crippen LogP contribution in [0.4, 0.5) is 4.79 Å². The molecule has 3 N–H and O–H groups in total. The number of carboxylic acid groups (broad SMARTS) is 1. The quantitative estimate of drug-likeness (QED) is 0.585. The van der Waals surface area contributed by atoms with Gasteiger partial charge in [-0.25, -0.2) is 4.79 Å². The molecule has 1 saturated heterocycles. The molecule has 0 radical (unpaired) electrons. The van der Waals surface area contributed by atoms with Crippen LogP contribution in [0.3, 0.4) is 0 Å². The van der Waals surface area contributed by atoms with Gasteiger partial charge in [-0.15, -0.1) is 0 Å². The van der Waals surface area contributed by atoms with E-state index in [9.17, 15) is 4.79 Å². The third kappa shape index (κ3) is 1.63. The molecule has 2 unspecified atom stereocenters. The van der Waals surface area contributed by atoms with Crippen LogP contribution in [-0.4, -0.2) is 35.2 Å². The van der Waals surface area contributed by atoms with Gasteiger partial charge in [0, 0.05) is 26.0 Å². The molecular weight excluding hydrogens is 144 g/mol. The summed E-state index contributed by atoms with van der Waals surface area (Å²) < 4.78 is 36.4. The molecule has 64 valence electrons. The van der Waals surface area contributed by atoms with Gasteiger partial charge in [-0.3, -0.25) is 0 Å². The fourth-order valence-corrected chi connectivity index (χ4v) is 1.14. The van der Waals surface area contributed by atoms with Crippen LogP contribution >= 0.6 is 0 Å². The lowest BCUT2D eigenvalue weighted by molar-refractivity contribution is 0.153. The number of hydrogen-bond acceptors (Lipinski definition) is 2. The van der Waals surface area contributed by atoms with E-state index in [0.717, 1.165) is 4.90 Å². The summed E-state index contributed by atoms with van der Waals surface area (Å²) in [6.07, 6.45) is -3.68. The zero-order valence-corrected chi connectivity index (χ0v) is 5.95. The van der Waals surface area contributed by atoms with Gasteiger partial charge in [-0.1, -0.05) is 13.2 Å². The van der Waals surface area contributed by atoms with Crippen LogP contribution in [0.1, 0.15) is 20.1 Å². The second-order valence-electron chi connectivity index (χ2n) is 2.60. The Kier molecular flexibility index (Phi) is 1.05. The van der Waals surface area contributed by atoms with Crippen LogP contribution in [0.25, 0.3) is 0 Å². The third-order valence-electron chi connectivity index (χ3n) is 1.82. The molecule has 11 heavy (non-hydrogen) atoms. The van der Waals surface area contributed by atoms with Gasteiger partial charge in [-0.2, -0.15) is 0 Å². The van der Waals surface area contributed by atoms with E-state index in [1.54, 1.807) is 0 Å². The molecule has 0 aromatic rings. The maximum atomic E-state index is 10.7. The summed E-state index contributed by atoms with van der Waals surface area (Å²) in [5.41, 5.74) is 5.59. The highest BCUT2D eigenvalue weighted by atomic mass is 16.4. The second kappa shape index (κ2) is 3.09. The Balaban J connectivity index is 2.87. The highest BCUT2D eigenvalue weighted by Crippen LogP contribution is 2.17. The van der Waals surface area contributed by atoms with E-state index in [1.165, 1.54) is 0 Å². The van der Waals surface area contributed by atoms with E-state index in [-0.39, 0.29) is 13.1 Å². The van der Waals surface area contributed by atoms with E-state index in [0.29, 0.717) is 0 Å². The molecule has 1 rings (SSSR count). The average molecular weight is 163 g/mol. The van der Waals surface area contributed by atoms with Crippen LogP contribution in [0.15, 0.2) is 0 Å². The Morgan fingerprint density at radius 2 is 2.73 bits per heavy atom. The highest BCUT2D eigenvalue weighted by molar-refractivity contribution is 5.65. The van der Waals surface area contributed by atoms with Crippen molar-refractivity contribution in [2.45, 2.75) is 19.3 Å². The zero-order chi connectivity index (χ0) is 12.7. The van der Waals surface area contributed by atoms with E-state index in [1.807, 2.05) is 0 Å². The largest absolute Gasteiger partial charge is 0.465 e. The van der Waals surface area contributed by atoms with Crippen molar-refractivity contribution in [3.8, 4) is 0 Å². The monoisotopic (exact) mass is 163 g/mol. The Hall–Kier alpha value is -0.770. The Labute approximate surface area is 73.0 Å². The fraction of sp³-hybridized carbons (Fsp3) is 0.857. The molecule has 1 fully saturated rings. The summed E-state index contributed by atoms with van der Waals surface area (Å²) in [6.45, 7) is -3.01. The minimum Gasteiger partial charge on any atom is -0.465 e. The predicted molar refractivity (Wildman–Crippen MR) is 41.4 cm³/mol. The van der Waals surface area contributed by atoms with E-state index in [4.69, 9.17) is 17.7 Å². The lowest BCUT2D eigenvalue weighted by Crippen LogP contribution is -2.31. The molecule has 0 saturated carbocycles. The molecule has 2 atom stereocenters. The van der Waals surface area contributed by atoms with Gasteiger partial charge in [0.2, 0.25) is 0 Å². The van der Waals surface area contributed by atoms with Crippen molar-refractivity contribution in [1.82, 2.24) is 4.90 Å². The summed E-state index contributed by atoms with van der Waals surface area (Å²) in [4.78, 5) is 11.6. The van der Waals surface area contributed by atoms with Crippen molar-refractivity contribution < 1.29 is 16.8 Å². The summed E-state index contributed by atoms with van der Waals surface area (Å²) in [5, 5.41) is 8.72. The highest BCUT2D eigenvalue weighted by Gasteiger charge is 2.31. The van der Waals surface area contributed by atoms with E-state index < -0.39 is 31.3 Å². The smallest absolute Gasteiger partial charge is 0.407 e. The SMILES string of the molecule is [2H]C([2H])([2H])C([2H])([2H])C1CN(C(=O)O)CC1N. The van der Waals surface area contributed by atoms with Gasteiger partial charge in [0.25, 0.3) is 0 Å². The van der Waals surface area contributed by atoms with Gasteiger partial charge in [0.1, 0.15) is 0 Å². The van der Waals surface area contributed by atoms with Gasteiger partial charge in [0.05, 0.1) is 0 Å². The van der Waals surface area contributed by atoms with Gasteiger partial charge in [-0.05, 0) is 5.92 Å². The number of hydrogen-bond donors (Lipinski definition) is 2. The Bertz CT molecular complexity index is 293. The van der Waals surface area contributed by atoms with Crippen molar-refractivity contribution in [2.75, 3.05) is 13.1 Å². The maximum absolute atomic E-state index is 10.7. The molecule has 0 aromatic heterocycles. The Morgan fingerprint density at radius 1 is 2.00 bits per heavy atom. The minimum atomic E-state index is -2.80. The number of amides is 1. The van der Waals surface area contributed by atoms with Crippen molar-refractivity contribution >= 4 is 6.09 Å². The maximum Gasteiger partial charge on any atom is 0.407 e. The fourth-order valence-electron chi connectivity index (χ4n) is 1.14. The first-order chi connectivity index (χ1) is 7.07. The van der Waals surface area contributed by atoms with Crippen LogP contribution in [0.5, 0.6) is 0 Å². The lowest BCUT2D eigenvalue weighted by atomic mass is 10.0. The number of rotatable bonds is 1. The van der Waals surface area contributed by atoms with Crippen molar-refractivity contribution in [3.05, 3.63) is 0 Å². The second-order valence-corrected chi connectivity index (χ2v) is 2.60.